The van der Waals surface area contributed by atoms with Gasteiger partial charge in [0.05, 0.1) is 5.92 Å². The predicted molar refractivity (Wildman–Crippen MR) is 83.7 cm³/mol. The molecule has 0 heterocycles. The molecule has 0 aromatic heterocycles. The minimum atomic E-state index is -0.590. The maximum Gasteiger partial charge on any atom is 0.174 e. The molecule has 0 aliphatic heterocycles. The number of rotatable bonds is 3. The molecule has 1 aliphatic rings. The third-order valence-electron chi connectivity index (χ3n) is 4.03. The van der Waals surface area contributed by atoms with Crippen molar-refractivity contribution in [1.82, 2.24) is 4.90 Å². The van der Waals surface area contributed by atoms with Crippen molar-refractivity contribution in [3.05, 3.63) is 41.5 Å². The highest BCUT2D eigenvalue weighted by atomic mass is 16.2. The zero-order valence-electron chi connectivity index (χ0n) is 12.2. The molecule has 2 N–H and O–H groups in total. The summed E-state index contributed by atoms with van der Waals surface area (Å²) in [6.45, 7) is 0.704. The van der Waals surface area contributed by atoms with Gasteiger partial charge in [-0.15, -0.1) is 0 Å². The van der Waals surface area contributed by atoms with Crippen molar-refractivity contribution in [2.75, 3.05) is 26.4 Å². The van der Waals surface area contributed by atoms with Crippen LogP contribution in [0.3, 0.4) is 0 Å². The highest BCUT2D eigenvalue weighted by Crippen LogP contribution is 2.35. The molecule has 0 radical (unpaired) electrons. The van der Waals surface area contributed by atoms with Gasteiger partial charge in [0.2, 0.25) is 0 Å². The van der Waals surface area contributed by atoms with Crippen LogP contribution >= 0.6 is 0 Å². The van der Waals surface area contributed by atoms with E-state index in [2.05, 4.69) is 0 Å². The summed E-state index contributed by atoms with van der Waals surface area (Å²) in [5.41, 5.74) is 7.68. The Balaban J connectivity index is 2.15. The number of carbonyl (C=O) groups is 2. The molecule has 0 spiro atoms. The number of benzene rings is 2. The van der Waals surface area contributed by atoms with E-state index in [0.717, 1.165) is 10.8 Å². The number of hydrogen-bond acceptors (Lipinski definition) is 4. The molecule has 108 valence electrons. The molecule has 0 saturated carbocycles. The standard InChI is InChI=1S/C17H18N2O2/c1-19(2)7-6-13-16(20)12-5-3-4-10-8-11(18)9-14(15(10)12)17(13)21/h3-5,8-9,13H,6-7,18H2,1-2H3. The zero-order chi connectivity index (χ0) is 15.1. The van der Waals surface area contributed by atoms with E-state index in [4.69, 9.17) is 5.73 Å². The van der Waals surface area contributed by atoms with E-state index in [1.807, 2.05) is 37.2 Å². The maximum absolute atomic E-state index is 12.7. The Morgan fingerprint density at radius 2 is 1.81 bits per heavy atom. The molecule has 1 unspecified atom stereocenters. The minimum Gasteiger partial charge on any atom is -0.399 e. The Labute approximate surface area is 123 Å². The molecule has 0 fully saturated rings. The lowest BCUT2D eigenvalue weighted by molar-refractivity contribution is 0.0788. The number of carbonyl (C=O) groups excluding carboxylic acids is 2. The largest absolute Gasteiger partial charge is 0.399 e. The molecule has 4 nitrogen and oxygen atoms in total. The third kappa shape index (κ3) is 2.21. The topological polar surface area (TPSA) is 63.4 Å². The summed E-state index contributed by atoms with van der Waals surface area (Å²) < 4.78 is 0. The van der Waals surface area contributed by atoms with Crippen molar-refractivity contribution in [1.29, 1.82) is 0 Å². The first kappa shape index (κ1) is 13.8. The quantitative estimate of drug-likeness (QED) is 0.693. The van der Waals surface area contributed by atoms with Gasteiger partial charge in [0.15, 0.2) is 11.6 Å². The number of nitrogen functional groups attached to an aromatic ring is 1. The number of anilines is 1. The van der Waals surface area contributed by atoms with Gasteiger partial charge in [0.25, 0.3) is 0 Å². The van der Waals surface area contributed by atoms with Crippen molar-refractivity contribution in [3.63, 3.8) is 0 Å². The molecule has 0 bridgehead atoms. The zero-order valence-corrected chi connectivity index (χ0v) is 12.2. The van der Waals surface area contributed by atoms with E-state index >= 15 is 0 Å². The van der Waals surface area contributed by atoms with Crippen LogP contribution in [0.5, 0.6) is 0 Å². The average Bonchev–Trinajstić information content (AvgIpc) is 2.43. The van der Waals surface area contributed by atoms with Crippen LogP contribution in [-0.4, -0.2) is 37.1 Å². The second kappa shape index (κ2) is 4.97. The summed E-state index contributed by atoms with van der Waals surface area (Å²) in [4.78, 5) is 27.3. The summed E-state index contributed by atoms with van der Waals surface area (Å²) in [7, 11) is 3.87. The molecule has 1 atom stereocenters. The fraction of sp³-hybridized carbons (Fsp3) is 0.294. The second-order valence-electron chi connectivity index (χ2n) is 5.85. The first-order chi connectivity index (χ1) is 9.99. The SMILES string of the molecule is CN(C)CCC1C(=O)c2cccc3cc(N)cc(c23)C1=O. The molecular formula is C17H18N2O2. The Morgan fingerprint density at radius 3 is 2.52 bits per heavy atom. The van der Waals surface area contributed by atoms with Crippen molar-refractivity contribution in [2.45, 2.75) is 6.42 Å². The van der Waals surface area contributed by atoms with E-state index in [1.54, 1.807) is 12.1 Å². The van der Waals surface area contributed by atoms with Crippen molar-refractivity contribution >= 4 is 28.0 Å². The molecule has 2 aromatic rings. The normalized spacial score (nSPS) is 17.8. The van der Waals surface area contributed by atoms with Crippen LogP contribution in [-0.2, 0) is 0 Å². The van der Waals surface area contributed by atoms with Gasteiger partial charge in [0.1, 0.15) is 0 Å². The van der Waals surface area contributed by atoms with Gasteiger partial charge in [-0.05, 0) is 44.6 Å². The third-order valence-corrected chi connectivity index (χ3v) is 4.03. The highest BCUT2D eigenvalue weighted by Gasteiger charge is 2.35. The predicted octanol–water partition coefficient (Wildman–Crippen LogP) is 2.37. The van der Waals surface area contributed by atoms with Gasteiger partial charge in [-0.2, -0.15) is 0 Å². The first-order valence-corrected chi connectivity index (χ1v) is 7.04. The Hall–Kier alpha value is -2.20. The molecular weight excluding hydrogens is 264 g/mol. The summed E-state index contributed by atoms with van der Waals surface area (Å²) in [6, 6.07) is 9.04. The van der Waals surface area contributed by atoms with Gasteiger partial charge in [-0.3, -0.25) is 9.59 Å². The van der Waals surface area contributed by atoms with Crippen LogP contribution in [0.4, 0.5) is 5.69 Å². The Morgan fingerprint density at radius 1 is 1.10 bits per heavy atom. The van der Waals surface area contributed by atoms with E-state index in [-0.39, 0.29) is 11.6 Å². The number of hydrogen-bond donors (Lipinski definition) is 1. The Bertz CT molecular complexity index is 750. The fourth-order valence-electron chi connectivity index (χ4n) is 2.99. The number of ketones is 2. The first-order valence-electron chi connectivity index (χ1n) is 7.04. The molecule has 1 aliphatic carbocycles. The Kier molecular flexibility index (Phi) is 3.26. The van der Waals surface area contributed by atoms with Gasteiger partial charge < -0.3 is 10.6 Å². The van der Waals surface area contributed by atoms with Gasteiger partial charge in [-0.25, -0.2) is 0 Å². The van der Waals surface area contributed by atoms with Crippen LogP contribution in [0.1, 0.15) is 27.1 Å². The number of nitrogens with zero attached hydrogens (tertiary/aromatic N) is 1. The van der Waals surface area contributed by atoms with Crippen LogP contribution in [0, 0.1) is 5.92 Å². The maximum atomic E-state index is 12.7. The van der Waals surface area contributed by atoms with Crippen molar-refractivity contribution < 1.29 is 9.59 Å². The summed E-state index contributed by atoms with van der Waals surface area (Å²) in [5, 5.41) is 1.61. The van der Waals surface area contributed by atoms with Crippen LogP contribution in [0.2, 0.25) is 0 Å². The molecule has 4 heteroatoms. The molecule has 3 rings (SSSR count). The van der Waals surface area contributed by atoms with Crippen LogP contribution < -0.4 is 5.73 Å². The number of Topliss-reactive ketones (excluding diaryl/α,β-unsaturated/α-hetero) is 2. The molecule has 21 heavy (non-hydrogen) atoms. The summed E-state index contributed by atoms with van der Waals surface area (Å²) >= 11 is 0. The van der Waals surface area contributed by atoms with Crippen molar-refractivity contribution in [3.8, 4) is 0 Å². The molecule has 2 aromatic carbocycles. The van der Waals surface area contributed by atoms with Crippen LogP contribution in [0.15, 0.2) is 30.3 Å². The minimum absolute atomic E-state index is 0.0651. The average molecular weight is 282 g/mol. The molecule has 0 saturated heterocycles. The molecule has 0 amide bonds. The summed E-state index contributed by atoms with van der Waals surface area (Å²) in [5.74, 6) is -0.755. The summed E-state index contributed by atoms with van der Waals surface area (Å²) in [6.07, 6.45) is 0.537. The lowest BCUT2D eigenvalue weighted by Crippen LogP contribution is -2.32. The van der Waals surface area contributed by atoms with Crippen molar-refractivity contribution in [2.24, 2.45) is 5.92 Å². The monoisotopic (exact) mass is 282 g/mol. The van der Waals surface area contributed by atoms with Gasteiger partial charge >= 0.3 is 0 Å². The smallest absolute Gasteiger partial charge is 0.174 e. The second-order valence-corrected chi connectivity index (χ2v) is 5.85. The van der Waals surface area contributed by atoms with Gasteiger partial charge in [0, 0.05) is 22.2 Å². The fourth-order valence-corrected chi connectivity index (χ4v) is 2.99. The van der Waals surface area contributed by atoms with E-state index in [9.17, 15) is 9.59 Å². The van der Waals surface area contributed by atoms with E-state index in [0.29, 0.717) is 29.8 Å². The van der Waals surface area contributed by atoms with Gasteiger partial charge in [-0.1, -0.05) is 18.2 Å². The highest BCUT2D eigenvalue weighted by molar-refractivity contribution is 6.29. The lowest BCUT2D eigenvalue weighted by atomic mass is 9.78. The van der Waals surface area contributed by atoms with Crippen LogP contribution in [0.25, 0.3) is 10.8 Å². The lowest BCUT2D eigenvalue weighted by Gasteiger charge is -2.24. The number of nitrogens with two attached hydrogens (primary N) is 1. The van der Waals surface area contributed by atoms with E-state index < -0.39 is 5.92 Å². The van der Waals surface area contributed by atoms with E-state index in [1.165, 1.54) is 0 Å².